The van der Waals surface area contributed by atoms with Gasteiger partial charge in [0.1, 0.15) is 5.69 Å². The largest absolute Gasteiger partial charge is 0.466 e. The van der Waals surface area contributed by atoms with Crippen LogP contribution in [0.25, 0.3) is 0 Å². The molecular formula is C23H35N3O4. The lowest BCUT2D eigenvalue weighted by Gasteiger charge is -2.35. The number of aromatic nitrogens is 1. The van der Waals surface area contributed by atoms with E-state index in [1.165, 1.54) is 0 Å². The van der Waals surface area contributed by atoms with E-state index in [1.54, 1.807) is 0 Å². The van der Waals surface area contributed by atoms with Crippen molar-refractivity contribution in [2.45, 2.75) is 76.8 Å². The maximum atomic E-state index is 12.9. The van der Waals surface area contributed by atoms with Crippen LogP contribution in [0, 0.1) is 5.92 Å². The fourth-order valence-electron chi connectivity index (χ4n) is 4.62. The number of ether oxygens (including phenoxy) is 1. The molecule has 2 aliphatic rings. The summed E-state index contributed by atoms with van der Waals surface area (Å²) in [6, 6.07) is 3.58. The van der Waals surface area contributed by atoms with Crippen LogP contribution in [0.4, 0.5) is 0 Å². The Morgan fingerprint density at radius 2 is 1.90 bits per heavy atom. The zero-order valence-corrected chi connectivity index (χ0v) is 18.3. The molecule has 1 aromatic heterocycles. The maximum Gasteiger partial charge on any atom is 0.307 e. The molecule has 1 aromatic rings. The molecule has 7 heteroatoms. The summed E-state index contributed by atoms with van der Waals surface area (Å²) in [5, 5.41) is 2.94. The van der Waals surface area contributed by atoms with E-state index in [4.69, 9.17) is 4.74 Å². The minimum Gasteiger partial charge on any atom is -0.466 e. The van der Waals surface area contributed by atoms with Gasteiger partial charge in [0.15, 0.2) is 0 Å². The Kier molecular flexibility index (Phi) is 7.94. The van der Waals surface area contributed by atoms with E-state index in [-0.39, 0.29) is 42.2 Å². The van der Waals surface area contributed by atoms with Gasteiger partial charge in [0.25, 0.3) is 5.91 Å². The Balaban J connectivity index is 1.41. The molecule has 0 spiro atoms. The van der Waals surface area contributed by atoms with Crippen LogP contribution in [0.15, 0.2) is 18.3 Å². The third-order valence-electron chi connectivity index (χ3n) is 6.35. The molecule has 0 aromatic carbocycles. The number of nitrogens with zero attached hydrogens (tertiary/aromatic N) is 2. The van der Waals surface area contributed by atoms with Crippen molar-refractivity contribution < 1.29 is 19.1 Å². The first-order chi connectivity index (χ1) is 14.5. The van der Waals surface area contributed by atoms with Gasteiger partial charge in [-0.25, -0.2) is 0 Å². The zero-order chi connectivity index (χ0) is 21.5. The molecule has 1 aliphatic heterocycles. The van der Waals surface area contributed by atoms with E-state index < -0.39 is 0 Å². The Labute approximate surface area is 179 Å². The van der Waals surface area contributed by atoms with Crippen molar-refractivity contribution in [1.29, 1.82) is 0 Å². The first-order valence-electron chi connectivity index (χ1n) is 11.3. The normalized spacial score (nSPS) is 20.7. The molecule has 0 radical (unpaired) electrons. The van der Waals surface area contributed by atoms with Gasteiger partial charge >= 0.3 is 5.97 Å². The second kappa shape index (κ2) is 10.6. The number of piperidine rings is 1. The molecule has 7 nitrogen and oxygen atoms in total. The van der Waals surface area contributed by atoms with Gasteiger partial charge in [-0.05, 0) is 51.2 Å². The quantitative estimate of drug-likeness (QED) is 0.659. The van der Waals surface area contributed by atoms with Gasteiger partial charge in [-0.3, -0.25) is 14.4 Å². The summed E-state index contributed by atoms with van der Waals surface area (Å²) in [7, 11) is 1.88. The third-order valence-corrected chi connectivity index (χ3v) is 6.35. The minimum absolute atomic E-state index is 0.0433. The molecule has 2 atom stereocenters. The average Bonchev–Trinajstić information content (AvgIpc) is 3.39. The van der Waals surface area contributed by atoms with Crippen molar-refractivity contribution in [3.8, 4) is 0 Å². The van der Waals surface area contributed by atoms with Crippen LogP contribution in [-0.2, 0) is 21.4 Å². The lowest BCUT2D eigenvalue weighted by atomic mass is 9.99. The second-order valence-corrected chi connectivity index (χ2v) is 8.76. The third kappa shape index (κ3) is 5.86. The number of rotatable bonds is 8. The Bertz CT molecular complexity index is 739. The number of aryl methyl sites for hydroxylation is 1. The topological polar surface area (TPSA) is 80.6 Å². The van der Waals surface area contributed by atoms with Crippen molar-refractivity contribution in [2.24, 2.45) is 13.0 Å². The van der Waals surface area contributed by atoms with Crippen molar-refractivity contribution >= 4 is 17.8 Å². The molecule has 2 heterocycles. The molecule has 0 bridgehead atoms. The number of hydrogen-bond donors (Lipinski definition) is 1. The van der Waals surface area contributed by atoms with E-state index >= 15 is 0 Å². The van der Waals surface area contributed by atoms with Crippen molar-refractivity contribution in [3.05, 3.63) is 24.0 Å². The van der Waals surface area contributed by atoms with E-state index in [1.807, 2.05) is 41.8 Å². The van der Waals surface area contributed by atoms with Crippen LogP contribution >= 0.6 is 0 Å². The first kappa shape index (κ1) is 22.4. The summed E-state index contributed by atoms with van der Waals surface area (Å²) in [6.07, 6.45) is 9.83. The first-order valence-corrected chi connectivity index (χ1v) is 11.3. The number of hydrogen-bond acceptors (Lipinski definition) is 4. The van der Waals surface area contributed by atoms with Gasteiger partial charge in [0.05, 0.1) is 13.0 Å². The van der Waals surface area contributed by atoms with Gasteiger partial charge in [-0.2, -0.15) is 0 Å². The molecular weight excluding hydrogens is 382 g/mol. The lowest BCUT2D eigenvalue weighted by molar-refractivity contribution is -0.144. The number of carbonyl (C=O) groups is 3. The summed E-state index contributed by atoms with van der Waals surface area (Å²) in [4.78, 5) is 39.2. The van der Waals surface area contributed by atoms with E-state index in [9.17, 15) is 14.4 Å². The molecule has 1 N–H and O–H groups in total. The molecule has 2 unspecified atom stereocenters. The molecule has 166 valence electrons. The molecule has 2 fully saturated rings. The highest BCUT2D eigenvalue weighted by Gasteiger charge is 2.29. The van der Waals surface area contributed by atoms with Crippen LogP contribution in [-0.4, -0.2) is 52.5 Å². The minimum atomic E-state index is -0.301. The van der Waals surface area contributed by atoms with E-state index in [2.05, 4.69) is 5.32 Å². The monoisotopic (exact) mass is 417 g/mol. The Morgan fingerprint density at radius 1 is 1.17 bits per heavy atom. The van der Waals surface area contributed by atoms with Gasteiger partial charge in [0.2, 0.25) is 5.91 Å². The van der Waals surface area contributed by atoms with Gasteiger partial charge in [-0.1, -0.05) is 12.8 Å². The summed E-state index contributed by atoms with van der Waals surface area (Å²) < 4.78 is 7.27. The number of carbonyl (C=O) groups excluding carboxylic acids is 3. The summed E-state index contributed by atoms with van der Waals surface area (Å²) in [5.74, 6) is -0.0977. The van der Waals surface area contributed by atoms with Crippen LogP contribution in [0.1, 0.15) is 75.2 Å². The van der Waals surface area contributed by atoms with Crippen LogP contribution in [0.2, 0.25) is 0 Å². The van der Waals surface area contributed by atoms with Crippen molar-refractivity contribution in [1.82, 2.24) is 14.8 Å². The van der Waals surface area contributed by atoms with Crippen LogP contribution in [0.5, 0.6) is 0 Å². The van der Waals surface area contributed by atoms with E-state index in [0.29, 0.717) is 18.7 Å². The van der Waals surface area contributed by atoms with Crippen LogP contribution < -0.4 is 5.32 Å². The SMILES string of the molecule is CC(CC(=O)OCCC1CCCCN1C(=O)c1cccn1C)NC(=O)C1CCCC1. The Morgan fingerprint density at radius 3 is 2.60 bits per heavy atom. The predicted octanol–water partition coefficient (Wildman–Crippen LogP) is 3.04. The standard InChI is InChI=1S/C23H35N3O4/c1-17(24-22(28)18-8-3-4-9-18)16-21(27)30-15-12-19-10-5-6-14-26(19)23(29)20-11-7-13-25(20)2/h7,11,13,17-19H,3-6,8-10,12,14-16H2,1-2H3,(H,24,28). The van der Waals surface area contributed by atoms with Crippen molar-refractivity contribution in [2.75, 3.05) is 13.2 Å². The molecule has 30 heavy (non-hydrogen) atoms. The highest BCUT2D eigenvalue weighted by molar-refractivity contribution is 5.93. The van der Waals surface area contributed by atoms with E-state index in [0.717, 1.165) is 51.5 Å². The summed E-state index contributed by atoms with van der Waals surface area (Å²) >= 11 is 0. The number of nitrogens with one attached hydrogen (secondary N) is 1. The Hall–Kier alpha value is -2.31. The van der Waals surface area contributed by atoms with Crippen LogP contribution in [0.3, 0.4) is 0 Å². The number of esters is 1. The number of likely N-dealkylation sites (tertiary alicyclic amines) is 1. The summed E-state index contributed by atoms with van der Waals surface area (Å²) in [6.45, 7) is 2.88. The van der Waals surface area contributed by atoms with Gasteiger partial charge in [-0.15, -0.1) is 0 Å². The van der Waals surface area contributed by atoms with Gasteiger partial charge < -0.3 is 19.5 Å². The molecule has 3 rings (SSSR count). The molecule has 2 amide bonds. The average molecular weight is 418 g/mol. The van der Waals surface area contributed by atoms with Gasteiger partial charge in [0, 0.05) is 44.2 Å². The lowest BCUT2D eigenvalue weighted by Crippen LogP contribution is -2.45. The summed E-state index contributed by atoms with van der Waals surface area (Å²) in [5.41, 5.74) is 0.686. The van der Waals surface area contributed by atoms with Crippen molar-refractivity contribution in [3.63, 3.8) is 0 Å². The molecule has 1 aliphatic carbocycles. The molecule has 1 saturated carbocycles. The fraction of sp³-hybridized carbons (Fsp3) is 0.696. The maximum absolute atomic E-state index is 12.9. The highest BCUT2D eigenvalue weighted by atomic mass is 16.5. The predicted molar refractivity (Wildman–Crippen MR) is 114 cm³/mol. The molecule has 1 saturated heterocycles. The smallest absolute Gasteiger partial charge is 0.307 e. The second-order valence-electron chi connectivity index (χ2n) is 8.76. The number of amides is 2. The zero-order valence-electron chi connectivity index (χ0n) is 18.3. The fourth-order valence-corrected chi connectivity index (χ4v) is 4.62. The highest BCUT2D eigenvalue weighted by Crippen LogP contribution is 2.25.